The van der Waals surface area contributed by atoms with Crippen LogP contribution in [-0.2, 0) is 18.1 Å². The van der Waals surface area contributed by atoms with E-state index in [2.05, 4.69) is 6.58 Å². The Kier molecular flexibility index (Phi) is 7.86. The van der Waals surface area contributed by atoms with Crippen LogP contribution in [0, 0.1) is 0 Å². The Bertz CT molecular complexity index is 552. The fourth-order valence-corrected chi connectivity index (χ4v) is 3.61. The highest BCUT2D eigenvalue weighted by atomic mass is 35.5. The highest BCUT2D eigenvalue weighted by molar-refractivity contribution is 7.48. The summed E-state index contributed by atoms with van der Waals surface area (Å²) in [4.78, 5) is 0. The third kappa shape index (κ3) is 5.33. The zero-order valence-corrected chi connectivity index (χ0v) is 14.9. The number of hydrogen-bond donors (Lipinski definition) is 0. The van der Waals surface area contributed by atoms with Crippen molar-refractivity contribution in [2.24, 2.45) is 0 Å². The Hall–Kier alpha value is 0.0700. The molecule has 0 aliphatic carbocycles. The van der Waals surface area contributed by atoms with Gasteiger partial charge in [0.15, 0.2) is 0 Å². The van der Waals surface area contributed by atoms with Gasteiger partial charge in [0.05, 0.1) is 28.8 Å². The SMILES string of the molecule is C=COP(=O)(OCC)OC(CCl)c1cc(Cl)c(Cl)cc1Cl. The minimum atomic E-state index is -3.84. The molecule has 2 atom stereocenters. The molecule has 1 aromatic carbocycles. The smallest absolute Gasteiger partial charge is 0.413 e. The van der Waals surface area contributed by atoms with E-state index >= 15 is 0 Å². The van der Waals surface area contributed by atoms with E-state index in [1.54, 1.807) is 6.92 Å². The maximum absolute atomic E-state index is 12.3. The number of rotatable bonds is 8. The summed E-state index contributed by atoms with van der Waals surface area (Å²) in [5.74, 6) is -0.0464. The van der Waals surface area contributed by atoms with Gasteiger partial charge in [-0.05, 0) is 19.1 Å². The van der Waals surface area contributed by atoms with Gasteiger partial charge in [-0.2, -0.15) is 0 Å². The first-order valence-corrected chi connectivity index (χ1v) is 8.92. The molecule has 0 fully saturated rings. The van der Waals surface area contributed by atoms with Crippen molar-refractivity contribution in [2.75, 3.05) is 12.5 Å². The highest BCUT2D eigenvalue weighted by Gasteiger charge is 2.32. The molecule has 118 valence electrons. The summed E-state index contributed by atoms with van der Waals surface area (Å²) in [6.07, 6.45) is 0.115. The Morgan fingerprint density at radius 3 is 2.43 bits per heavy atom. The van der Waals surface area contributed by atoms with Gasteiger partial charge in [0, 0.05) is 10.6 Å². The number of hydrogen-bond acceptors (Lipinski definition) is 4. The van der Waals surface area contributed by atoms with Crippen molar-refractivity contribution in [3.63, 3.8) is 0 Å². The van der Waals surface area contributed by atoms with E-state index in [0.717, 1.165) is 6.26 Å². The first kappa shape index (κ1) is 19.1. The molecule has 1 rings (SSSR count). The van der Waals surface area contributed by atoms with E-state index < -0.39 is 13.9 Å². The van der Waals surface area contributed by atoms with Crippen LogP contribution in [0.4, 0.5) is 0 Å². The van der Waals surface area contributed by atoms with E-state index in [-0.39, 0.29) is 27.6 Å². The first-order valence-electron chi connectivity index (χ1n) is 5.79. The number of phosphoric ester groups is 1. The average Bonchev–Trinajstić information content (AvgIpc) is 2.41. The zero-order chi connectivity index (χ0) is 16.0. The molecule has 0 amide bonds. The van der Waals surface area contributed by atoms with Crippen molar-refractivity contribution in [3.8, 4) is 0 Å². The lowest BCUT2D eigenvalue weighted by Gasteiger charge is -2.22. The maximum atomic E-state index is 12.3. The third-order valence-electron chi connectivity index (χ3n) is 2.27. The monoisotopic (exact) mass is 392 g/mol. The summed E-state index contributed by atoms with van der Waals surface area (Å²) in [5.41, 5.74) is 0.425. The van der Waals surface area contributed by atoms with Gasteiger partial charge in [-0.1, -0.05) is 41.4 Å². The Morgan fingerprint density at radius 2 is 1.90 bits per heavy atom. The molecular formula is C12H13Cl4O4P. The molecule has 0 aliphatic heterocycles. The molecular weight excluding hydrogens is 381 g/mol. The van der Waals surface area contributed by atoms with Crippen LogP contribution in [0.25, 0.3) is 0 Å². The van der Waals surface area contributed by atoms with Crippen molar-refractivity contribution in [1.82, 2.24) is 0 Å². The van der Waals surface area contributed by atoms with Gasteiger partial charge in [0.1, 0.15) is 6.10 Å². The van der Waals surface area contributed by atoms with Crippen LogP contribution in [0.5, 0.6) is 0 Å². The second-order valence-corrected chi connectivity index (χ2v) is 6.78. The van der Waals surface area contributed by atoms with E-state index in [4.69, 9.17) is 60.0 Å². The quantitative estimate of drug-likeness (QED) is 0.226. The minimum absolute atomic E-state index is 0.0464. The normalized spacial score (nSPS) is 15.3. The Balaban J connectivity index is 3.10. The molecule has 2 unspecified atom stereocenters. The van der Waals surface area contributed by atoms with Gasteiger partial charge in [0.25, 0.3) is 0 Å². The fourth-order valence-electron chi connectivity index (χ4n) is 1.44. The average molecular weight is 394 g/mol. The van der Waals surface area contributed by atoms with Crippen LogP contribution in [0.15, 0.2) is 25.0 Å². The molecule has 9 heteroatoms. The van der Waals surface area contributed by atoms with Gasteiger partial charge in [-0.15, -0.1) is 11.6 Å². The van der Waals surface area contributed by atoms with Crippen molar-refractivity contribution < 1.29 is 18.1 Å². The van der Waals surface area contributed by atoms with E-state index in [1.807, 2.05) is 0 Å². The Labute approximate surface area is 143 Å². The Morgan fingerprint density at radius 1 is 1.29 bits per heavy atom. The van der Waals surface area contributed by atoms with Gasteiger partial charge in [-0.3, -0.25) is 9.05 Å². The maximum Gasteiger partial charge on any atom is 0.530 e. The van der Waals surface area contributed by atoms with Crippen molar-refractivity contribution in [3.05, 3.63) is 45.6 Å². The van der Waals surface area contributed by atoms with Gasteiger partial charge in [0.2, 0.25) is 0 Å². The summed E-state index contributed by atoms with van der Waals surface area (Å²) in [7, 11) is -3.84. The largest absolute Gasteiger partial charge is 0.530 e. The summed E-state index contributed by atoms with van der Waals surface area (Å²) >= 11 is 23.7. The number of phosphoric acid groups is 1. The standard InChI is InChI=1S/C12H13Cl4O4P/c1-3-18-21(17,19-4-2)20-12(7-13)8-5-10(15)11(16)6-9(8)14/h3,5-6,12H,1,4,7H2,2H3. The number of benzene rings is 1. The molecule has 21 heavy (non-hydrogen) atoms. The molecule has 0 heterocycles. The van der Waals surface area contributed by atoms with Crippen LogP contribution in [-0.4, -0.2) is 12.5 Å². The number of alkyl halides is 1. The minimum Gasteiger partial charge on any atom is -0.413 e. The molecule has 4 nitrogen and oxygen atoms in total. The van der Waals surface area contributed by atoms with Crippen molar-refractivity contribution in [2.45, 2.75) is 13.0 Å². The molecule has 0 N–H and O–H groups in total. The predicted octanol–water partition coefficient (Wildman–Crippen LogP) is 6.25. The van der Waals surface area contributed by atoms with Crippen LogP contribution in [0.2, 0.25) is 15.1 Å². The fraction of sp³-hybridized carbons (Fsp3) is 0.333. The summed E-state index contributed by atoms with van der Waals surface area (Å²) < 4.78 is 27.5. The van der Waals surface area contributed by atoms with Crippen LogP contribution in [0.1, 0.15) is 18.6 Å². The van der Waals surface area contributed by atoms with Crippen LogP contribution < -0.4 is 0 Å². The second-order valence-electron chi connectivity index (χ2n) is 3.67. The van der Waals surface area contributed by atoms with Gasteiger partial charge < -0.3 is 4.52 Å². The molecule has 1 aromatic rings. The number of halogens is 4. The van der Waals surface area contributed by atoms with Gasteiger partial charge >= 0.3 is 7.82 Å². The summed E-state index contributed by atoms with van der Waals surface area (Å²) in [6, 6.07) is 2.94. The third-order valence-corrected chi connectivity index (χ3v) is 5.10. The molecule has 0 aromatic heterocycles. The van der Waals surface area contributed by atoms with Gasteiger partial charge in [-0.25, -0.2) is 4.57 Å². The second kappa shape index (κ2) is 8.64. The highest BCUT2D eigenvalue weighted by Crippen LogP contribution is 2.54. The first-order chi connectivity index (χ1) is 9.86. The van der Waals surface area contributed by atoms with E-state index in [0.29, 0.717) is 5.56 Å². The summed E-state index contributed by atoms with van der Waals surface area (Å²) in [6.45, 7) is 5.09. The lowest BCUT2D eigenvalue weighted by Crippen LogP contribution is -2.08. The molecule has 0 saturated carbocycles. The molecule has 0 spiro atoms. The molecule has 0 saturated heterocycles. The van der Waals surface area contributed by atoms with Crippen molar-refractivity contribution >= 4 is 54.2 Å². The molecule has 0 radical (unpaired) electrons. The lowest BCUT2D eigenvalue weighted by molar-refractivity contribution is 0.113. The topological polar surface area (TPSA) is 44.8 Å². The van der Waals surface area contributed by atoms with Crippen LogP contribution >= 0.6 is 54.2 Å². The van der Waals surface area contributed by atoms with Crippen LogP contribution in [0.3, 0.4) is 0 Å². The zero-order valence-electron chi connectivity index (χ0n) is 11.0. The van der Waals surface area contributed by atoms with Crippen molar-refractivity contribution in [1.29, 1.82) is 0 Å². The predicted molar refractivity (Wildman–Crippen MR) is 86.5 cm³/mol. The molecule has 0 bridgehead atoms. The lowest BCUT2D eigenvalue weighted by atomic mass is 10.1. The van der Waals surface area contributed by atoms with E-state index in [9.17, 15) is 4.57 Å². The molecule has 0 aliphatic rings. The van der Waals surface area contributed by atoms with E-state index in [1.165, 1.54) is 12.1 Å². The summed E-state index contributed by atoms with van der Waals surface area (Å²) in [5, 5.41) is 0.830.